The molecule has 6 nitrogen and oxygen atoms in total. The molecule has 0 saturated carbocycles. The van der Waals surface area contributed by atoms with Crippen LogP contribution in [0.5, 0.6) is 11.5 Å². The van der Waals surface area contributed by atoms with E-state index in [0.717, 1.165) is 11.3 Å². The summed E-state index contributed by atoms with van der Waals surface area (Å²) in [5.41, 5.74) is 1.73. The Kier molecular flexibility index (Phi) is 6.70. The number of furan rings is 1. The molecule has 146 valence electrons. The van der Waals surface area contributed by atoms with Crippen LogP contribution in [0.15, 0.2) is 71.3 Å². The minimum atomic E-state index is -0.133. The average molecular weight is 380 g/mol. The first-order chi connectivity index (χ1) is 13.7. The molecule has 1 amide bonds. The quantitative estimate of drug-likeness (QED) is 0.609. The number of rotatable bonds is 9. The van der Waals surface area contributed by atoms with Crippen LogP contribution in [0.3, 0.4) is 0 Å². The molecule has 0 aliphatic carbocycles. The monoisotopic (exact) mass is 380 g/mol. The van der Waals surface area contributed by atoms with E-state index < -0.39 is 0 Å². The summed E-state index contributed by atoms with van der Waals surface area (Å²) in [5.74, 6) is 1.89. The van der Waals surface area contributed by atoms with Crippen LogP contribution in [0.4, 0.5) is 5.69 Å². The van der Waals surface area contributed by atoms with Gasteiger partial charge in [0.05, 0.1) is 39.3 Å². The normalized spacial score (nSPS) is 10.7. The summed E-state index contributed by atoms with van der Waals surface area (Å²) in [6, 6.07) is 19.1. The Hall–Kier alpha value is -3.25. The first-order valence-corrected chi connectivity index (χ1v) is 8.98. The zero-order valence-electron chi connectivity index (χ0n) is 16.1. The van der Waals surface area contributed by atoms with Crippen LogP contribution >= 0.6 is 0 Å². The topological polar surface area (TPSA) is 63.9 Å². The van der Waals surface area contributed by atoms with Crippen molar-refractivity contribution in [2.24, 2.45) is 0 Å². The maximum absolute atomic E-state index is 12.7. The highest BCUT2D eigenvalue weighted by Gasteiger charge is 2.15. The van der Waals surface area contributed by atoms with Crippen molar-refractivity contribution in [3.63, 3.8) is 0 Å². The van der Waals surface area contributed by atoms with E-state index in [4.69, 9.17) is 13.9 Å². The molecule has 2 aromatic carbocycles. The van der Waals surface area contributed by atoms with Gasteiger partial charge >= 0.3 is 0 Å². The van der Waals surface area contributed by atoms with Gasteiger partial charge in [-0.25, -0.2) is 0 Å². The molecular formula is C22H24N2O4. The second-order valence-electron chi connectivity index (χ2n) is 6.32. The first-order valence-electron chi connectivity index (χ1n) is 8.98. The van der Waals surface area contributed by atoms with Gasteiger partial charge in [0.25, 0.3) is 0 Å². The average Bonchev–Trinajstić information content (AvgIpc) is 3.22. The molecule has 0 spiro atoms. The standard InChI is InChI=1S/C22H24N2O4/c1-26-18-10-11-20(21(13-18)27-2)23-22(25)16-24(15-19-9-6-12-28-19)14-17-7-4-3-5-8-17/h3-13H,14-16H2,1-2H3,(H,23,25). The molecule has 1 N–H and O–H groups in total. The Morgan fingerprint density at radius 2 is 1.82 bits per heavy atom. The second-order valence-corrected chi connectivity index (χ2v) is 6.32. The number of nitrogens with one attached hydrogen (secondary N) is 1. The maximum atomic E-state index is 12.7. The minimum absolute atomic E-state index is 0.133. The highest BCUT2D eigenvalue weighted by Crippen LogP contribution is 2.29. The zero-order valence-corrected chi connectivity index (χ0v) is 16.1. The van der Waals surface area contributed by atoms with Gasteiger partial charge in [-0.2, -0.15) is 0 Å². The van der Waals surface area contributed by atoms with Gasteiger partial charge in [0.2, 0.25) is 5.91 Å². The van der Waals surface area contributed by atoms with Crippen LogP contribution in [-0.4, -0.2) is 31.6 Å². The van der Waals surface area contributed by atoms with E-state index in [-0.39, 0.29) is 12.5 Å². The molecule has 1 aromatic heterocycles. The fourth-order valence-corrected chi connectivity index (χ4v) is 2.93. The number of amides is 1. The Labute approximate surface area is 164 Å². The van der Waals surface area contributed by atoms with Crippen LogP contribution in [-0.2, 0) is 17.9 Å². The van der Waals surface area contributed by atoms with Crippen molar-refractivity contribution in [1.82, 2.24) is 4.90 Å². The van der Waals surface area contributed by atoms with Gasteiger partial charge in [0.1, 0.15) is 17.3 Å². The molecule has 0 atom stereocenters. The number of anilines is 1. The molecule has 6 heteroatoms. The molecule has 0 aliphatic heterocycles. The van der Waals surface area contributed by atoms with Crippen molar-refractivity contribution in [1.29, 1.82) is 0 Å². The lowest BCUT2D eigenvalue weighted by Crippen LogP contribution is -2.32. The third-order valence-electron chi connectivity index (χ3n) is 4.26. The number of hydrogen-bond acceptors (Lipinski definition) is 5. The summed E-state index contributed by atoms with van der Waals surface area (Å²) in [7, 11) is 3.15. The minimum Gasteiger partial charge on any atom is -0.497 e. The smallest absolute Gasteiger partial charge is 0.238 e. The zero-order chi connectivity index (χ0) is 19.8. The molecule has 3 rings (SSSR count). The number of carbonyl (C=O) groups excluding carboxylic acids is 1. The van der Waals surface area contributed by atoms with E-state index >= 15 is 0 Å². The second kappa shape index (κ2) is 9.62. The van der Waals surface area contributed by atoms with Gasteiger partial charge in [-0.15, -0.1) is 0 Å². The number of nitrogens with zero attached hydrogens (tertiary/aromatic N) is 1. The number of carbonyl (C=O) groups is 1. The van der Waals surface area contributed by atoms with E-state index in [1.807, 2.05) is 47.4 Å². The summed E-state index contributed by atoms with van der Waals surface area (Å²) in [6.07, 6.45) is 1.64. The van der Waals surface area contributed by atoms with Crippen LogP contribution in [0.1, 0.15) is 11.3 Å². The van der Waals surface area contributed by atoms with Crippen molar-refractivity contribution in [3.05, 3.63) is 78.3 Å². The van der Waals surface area contributed by atoms with Gasteiger partial charge in [-0.05, 0) is 29.8 Å². The number of hydrogen-bond donors (Lipinski definition) is 1. The van der Waals surface area contributed by atoms with E-state index in [1.54, 1.807) is 38.7 Å². The fraction of sp³-hybridized carbons (Fsp3) is 0.227. The van der Waals surface area contributed by atoms with Crippen LogP contribution in [0.2, 0.25) is 0 Å². The third-order valence-corrected chi connectivity index (χ3v) is 4.26. The van der Waals surface area contributed by atoms with E-state index in [1.165, 1.54) is 0 Å². The lowest BCUT2D eigenvalue weighted by Gasteiger charge is -2.21. The Morgan fingerprint density at radius 1 is 1.00 bits per heavy atom. The van der Waals surface area contributed by atoms with E-state index in [0.29, 0.717) is 30.3 Å². The van der Waals surface area contributed by atoms with Crippen molar-refractivity contribution in [3.8, 4) is 11.5 Å². The molecule has 1 heterocycles. The number of ether oxygens (including phenoxy) is 2. The van der Waals surface area contributed by atoms with Crippen molar-refractivity contribution in [2.75, 3.05) is 26.1 Å². The predicted molar refractivity (Wildman–Crippen MR) is 107 cm³/mol. The summed E-state index contributed by atoms with van der Waals surface area (Å²) in [6.45, 7) is 1.38. The number of methoxy groups -OCH3 is 2. The van der Waals surface area contributed by atoms with E-state index in [9.17, 15) is 4.79 Å². The van der Waals surface area contributed by atoms with Crippen LogP contribution in [0, 0.1) is 0 Å². The highest BCUT2D eigenvalue weighted by atomic mass is 16.5. The molecule has 0 radical (unpaired) electrons. The summed E-state index contributed by atoms with van der Waals surface area (Å²) in [5, 5.41) is 2.92. The fourth-order valence-electron chi connectivity index (χ4n) is 2.93. The van der Waals surface area contributed by atoms with Gasteiger partial charge < -0.3 is 19.2 Å². The SMILES string of the molecule is COc1ccc(NC(=O)CN(Cc2ccccc2)Cc2ccco2)c(OC)c1. The molecule has 0 unspecified atom stereocenters. The van der Waals surface area contributed by atoms with Gasteiger partial charge in [0, 0.05) is 12.6 Å². The third kappa shape index (κ3) is 5.37. The molecule has 0 bridgehead atoms. The summed E-state index contributed by atoms with van der Waals surface area (Å²) >= 11 is 0. The summed E-state index contributed by atoms with van der Waals surface area (Å²) in [4.78, 5) is 14.7. The maximum Gasteiger partial charge on any atom is 0.238 e. The van der Waals surface area contributed by atoms with Crippen molar-refractivity contribution < 1.29 is 18.7 Å². The van der Waals surface area contributed by atoms with E-state index in [2.05, 4.69) is 5.32 Å². The van der Waals surface area contributed by atoms with Gasteiger partial charge in [-0.3, -0.25) is 9.69 Å². The largest absolute Gasteiger partial charge is 0.497 e. The molecule has 3 aromatic rings. The van der Waals surface area contributed by atoms with Crippen molar-refractivity contribution in [2.45, 2.75) is 13.1 Å². The molecule has 0 aliphatic rings. The van der Waals surface area contributed by atoms with Crippen LogP contribution in [0.25, 0.3) is 0 Å². The Balaban J connectivity index is 1.70. The Morgan fingerprint density at radius 3 is 2.50 bits per heavy atom. The van der Waals surface area contributed by atoms with Gasteiger partial charge in [-0.1, -0.05) is 30.3 Å². The number of benzene rings is 2. The lowest BCUT2D eigenvalue weighted by atomic mass is 10.2. The molecule has 0 saturated heterocycles. The molecular weight excluding hydrogens is 356 g/mol. The lowest BCUT2D eigenvalue weighted by molar-refractivity contribution is -0.117. The van der Waals surface area contributed by atoms with Gasteiger partial charge in [0.15, 0.2) is 0 Å². The Bertz CT molecular complexity index is 879. The highest BCUT2D eigenvalue weighted by molar-refractivity contribution is 5.93. The summed E-state index contributed by atoms with van der Waals surface area (Å²) < 4.78 is 16.0. The molecule has 0 fully saturated rings. The predicted octanol–water partition coefficient (Wildman–Crippen LogP) is 3.94. The first kappa shape index (κ1) is 19.5. The van der Waals surface area contributed by atoms with Crippen LogP contribution < -0.4 is 14.8 Å². The van der Waals surface area contributed by atoms with Crippen molar-refractivity contribution >= 4 is 11.6 Å². The molecule has 28 heavy (non-hydrogen) atoms.